The molecule has 0 aliphatic rings. The van der Waals surface area contributed by atoms with Gasteiger partial charge in [0.15, 0.2) is 0 Å². The quantitative estimate of drug-likeness (QED) is 0.403. The van der Waals surface area contributed by atoms with E-state index in [9.17, 15) is 18.3 Å². The third kappa shape index (κ3) is 6.44. The van der Waals surface area contributed by atoms with Crippen LogP contribution in [0, 0.1) is 0 Å². The summed E-state index contributed by atoms with van der Waals surface area (Å²) in [6, 6.07) is 11.5. The Morgan fingerprint density at radius 1 is 1.19 bits per heavy atom. The molecule has 4 N–H and O–H groups in total. The van der Waals surface area contributed by atoms with Gasteiger partial charge in [-0.15, -0.1) is 11.3 Å². The number of carboxylic acid groups (broad SMARTS) is 1. The van der Waals surface area contributed by atoms with Gasteiger partial charge in [-0.25, -0.2) is 28.3 Å². The predicted molar refractivity (Wildman–Crippen MR) is 125 cm³/mol. The summed E-state index contributed by atoms with van der Waals surface area (Å²) in [6.07, 6.45) is 3.74. The van der Waals surface area contributed by atoms with Crippen LogP contribution in [0.2, 0.25) is 0 Å². The van der Waals surface area contributed by atoms with E-state index in [2.05, 4.69) is 15.3 Å². The van der Waals surface area contributed by atoms with E-state index >= 15 is 0 Å². The van der Waals surface area contributed by atoms with E-state index in [1.54, 1.807) is 30.5 Å². The first-order chi connectivity index (χ1) is 15.1. The third-order valence-electron chi connectivity index (χ3n) is 4.39. The number of benzene rings is 1. The van der Waals surface area contributed by atoms with E-state index in [0.717, 1.165) is 9.75 Å². The molecule has 1 aromatic carbocycles. The van der Waals surface area contributed by atoms with Crippen LogP contribution in [0.4, 0.5) is 11.6 Å². The van der Waals surface area contributed by atoms with Gasteiger partial charge in [0.1, 0.15) is 0 Å². The van der Waals surface area contributed by atoms with Gasteiger partial charge in [-0.3, -0.25) is 0 Å². The van der Waals surface area contributed by atoms with Crippen molar-refractivity contribution >= 4 is 45.0 Å². The number of nitrogens with two attached hydrogens (primary N) is 1. The topological polar surface area (TPSA) is 139 Å². The van der Waals surface area contributed by atoms with E-state index in [-0.39, 0.29) is 4.90 Å². The van der Waals surface area contributed by atoms with Gasteiger partial charge in [-0.05, 0) is 69.1 Å². The molecule has 3 rings (SSSR count). The smallest absolute Gasteiger partial charge is 0.331 e. The number of aliphatic carboxylic acids is 1. The van der Waals surface area contributed by atoms with Crippen molar-refractivity contribution in [1.29, 1.82) is 0 Å². The van der Waals surface area contributed by atoms with Crippen LogP contribution in [0.5, 0.6) is 0 Å². The summed E-state index contributed by atoms with van der Waals surface area (Å²) >= 11 is 1.43. The van der Waals surface area contributed by atoms with Gasteiger partial charge in [0.05, 0.1) is 15.5 Å². The molecule has 2 heterocycles. The Morgan fingerprint density at radius 3 is 2.53 bits per heavy atom. The first-order valence-corrected chi connectivity index (χ1v) is 11.9. The molecule has 2 aromatic heterocycles. The monoisotopic (exact) mass is 473 g/mol. The van der Waals surface area contributed by atoms with Crippen LogP contribution in [0.25, 0.3) is 16.6 Å². The standard InChI is InChI=1S/C21H23N5O4S2/c1-26(2)12-10-14(20(27)28)13-16-5-8-19(31-16)18-9-11-23-21(25-18)24-15-3-6-17(7-4-15)32(22,29)30/h3-9,11,13H,10,12H2,1-2H3,(H,27,28)(H2,22,29,30)(H,23,24,25). The van der Waals surface area contributed by atoms with Crippen LogP contribution in [-0.2, 0) is 14.8 Å². The second-order valence-electron chi connectivity index (χ2n) is 7.19. The number of hydrogen-bond acceptors (Lipinski definition) is 8. The lowest BCUT2D eigenvalue weighted by atomic mass is 10.1. The minimum Gasteiger partial charge on any atom is -0.478 e. The van der Waals surface area contributed by atoms with Crippen molar-refractivity contribution in [3.8, 4) is 10.6 Å². The lowest BCUT2D eigenvalue weighted by Crippen LogP contribution is -2.15. The summed E-state index contributed by atoms with van der Waals surface area (Å²) < 4.78 is 22.7. The molecule has 3 aromatic rings. The molecule has 0 unspecified atom stereocenters. The van der Waals surface area contributed by atoms with Crippen LogP contribution in [-0.4, -0.2) is 55.0 Å². The Balaban J connectivity index is 1.77. The predicted octanol–water partition coefficient (Wildman–Crippen LogP) is 3.02. The highest BCUT2D eigenvalue weighted by Crippen LogP contribution is 2.29. The number of carbonyl (C=O) groups is 1. The minimum atomic E-state index is -3.76. The van der Waals surface area contributed by atoms with Crippen molar-refractivity contribution in [2.24, 2.45) is 5.14 Å². The molecule has 32 heavy (non-hydrogen) atoms. The van der Waals surface area contributed by atoms with Gasteiger partial charge in [-0.1, -0.05) is 0 Å². The van der Waals surface area contributed by atoms with Gasteiger partial charge in [0.2, 0.25) is 16.0 Å². The number of aromatic nitrogens is 2. The number of nitrogens with zero attached hydrogens (tertiary/aromatic N) is 3. The van der Waals surface area contributed by atoms with Crippen molar-refractivity contribution in [3.63, 3.8) is 0 Å². The molecule has 9 nitrogen and oxygen atoms in total. The largest absolute Gasteiger partial charge is 0.478 e. The second-order valence-corrected chi connectivity index (χ2v) is 9.87. The summed E-state index contributed by atoms with van der Waals surface area (Å²) in [4.78, 5) is 23.9. The first kappa shape index (κ1) is 23.5. The summed E-state index contributed by atoms with van der Waals surface area (Å²) in [5.74, 6) is -0.586. The Kier molecular flexibility index (Phi) is 7.36. The van der Waals surface area contributed by atoms with Gasteiger partial charge in [0, 0.05) is 28.9 Å². The van der Waals surface area contributed by atoms with E-state index < -0.39 is 16.0 Å². The normalized spacial score (nSPS) is 12.2. The molecule has 0 saturated heterocycles. The van der Waals surface area contributed by atoms with Crippen molar-refractivity contribution in [2.45, 2.75) is 11.3 Å². The number of sulfonamides is 1. The fourth-order valence-electron chi connectivity index (χ4n) is 2.74. The average Bonchev–Trinajstić information content (AvgIpc) is 3.19. The molecule has 0 aliphatic heterocycles. The summed E-state index contributed by atoms with van der Waals surface area (Å²) in [5.41, 5.74) is 1.63. The number of anilines is 2. The maximum Gasteiger partial charge on any atom is 0.331 e. The number of rotatable bonds is 9. The highest BCUT2D eigenvalue weighted by Gasteiger charge is 2.11. The molecule has 0 radical (unpaired) electrons. The molecule has 0 spiro atoms. The summed E-state index contributed by atoms with van der Waals surface area (Å²) in [7, 11) is 0.0448. The Hall–Kier alpha value is -3.12. The van der Waals surface area contributed by atoms with Gasteiger partial charge < -0.3 is 15.3 Å². The Bertz CT molecular complexity index is 1240. The van der Waals surface area contributed by atoms with Crippen LogP contribution < -0.4 is 10.5 Å². The van der Waals surface area contributed by atoms with E-state index in [1.807, 2.05) is 31.1 Å². The maximum absolute atomic E-state index is 11.5. The van der Waals surface area contributed by atoms with E-state index in [1.165, 1.54) is 23.5 Å². The molecule has 0 bridgehead atoms. The summed E-state index contributed by atoms with van der Waals surface area (Å²) in [6.45, 7) is 0.648. The van der Waals surface area contributed by atoms with Gasteiger partial charge in [0.25, 0.3) is 0 Å². The van der Waals surface area contributed by atoms with Crippen molar-refractivity contribution in [2.75, 3.05) is 26.0 Å². The van der Waals surface area contributed by atoms with Crippen molar-refractivity contribution in [1.82, 2.24) is 14.9 Å². The lowest BCUT2D eigenvalue weighted by Gasteiger charge is -2.09. The molecule has 168 valence electrons. The average molecular weight is 474 g/mol. The lowest BCUT2D eigenvalue weighted by molar-refractivity contribution is -0.132. The van der Waals surface area contributed by atoms with Crippen molar-refractivity contribution in [3.05, 3.63) is 59.1 Å². The fraction of sp³-hybridized carbons (Fsp3) is 0.190. The van der Waals surface area contributed by atoms with Crippen LogP contribution >= 0.6 is 11.3 Å². The fourth-order valence-corrected chi connectivity index (χ4v) is 4.20. The molecular formula is C21H23N5O4S2. The number of primary sulfonamides is 1. The maximum atomic E-state index is 11.5. The van der Waals surface area contributed by atoms with Crippen LogP contribution in [0.15, 0.2) is 59.1 Å². The first-order valence-electron chi connectivity index (χ1n) is 9.53. The second kappa shape index (κ2) is 10.0. The molecular weight excluding hydrogens is 450 g/mol. The molecule has 0 aliphatic carbocycles. The van der Waals surface area contributed by atoms with Crippen molar-refractivity contribution < 1.29 is 18.3 Å². The number of hydrogen-bond donors (Lipinski definition) is 3. The highest BCUT2D eigenvalue weighted by molar-refractivity contribution is 7.89. The van der Waals surface area contributed by atoms with E-state index in [0.29, 0.717) is 35.9 Å². The van der Waals surface area contributed by atoms with Crippen LogP contribution in [0.1, 0.15) is 11.3 Å². The zero-order chi connectivity index (χ0) is 23.3. The Morgan fingerprint density at radius 2 is 1.91 bits per heavy atom. The number of thiophene rings is 1. The summed E-state index contributed by atoms with van der Waals surface area (Å²) in [5, 5.41) is 17.6. The molecule has 0 fully saturated rings. The molecule has 0 amide bonds. The third-order valence-corrected chi connectivity index (χ3v) is 6.38. The van der Waals surface area contributed by atoms with Crippen LogP contribution in [0.3, 0.4) is 0 Å². The highest BCUT2D eigenvalue weighted by atomic mass is 32.2. The Labute approximate surface area is 190 Å². The zero-order valence-electron chi connectivity index (χ0n) is 17.5. The minimum absolute atomic E-state index is 0.0169. The zero-order valence-corrected chi connectivity index (χ0v) is 19.2. The SMILES string of the molecule is CN(C)CCC(=Cc1ccc(-c2ccnc(Nc3ccc(S(N)(=O)=O)cc3)n2)s1)C(=O)O. The van der Waals surface area contributed by atoms with Gasteiger partial charge in [-0.2, -0.15) is 0 Å². The van der Waals surface area contributed by atoms with Gasteiger partial charge >= 0.3 is 5.97 Å². The molecule has 0 atom stereocenters. The molecule has 0 saturated carbocycles. The molecule has 11 heteroatoms. The number of nitrogens with one attached hydrogen (secondary N) is 1. The van der Waals surface area contributed by atoms with E-state index in [4.69, 9.17) is 5.14 Å². The number of carboxylic acids is 1.